The minimum absolute atomic E-state index is 0.0229. The van der Waals surface area contributed by atoms with Gasteiger partial charge in [-0.2, -0.15) is 5.26 Å². The second kappa shape index (κ2) is 7.32. The lowest BCUT2D eigenvalue weighted by atomic mass is 10.1. The molecule has 0 saturated carbocycles. The van der Waals surface area contributed by atoms with Crippen LogP contribution >= 0.6 is 0 Å². The van der Waals surface area contributed by atoms with Crippen LogP contribution in [0.2, 0.25) is 0 Å². The first-order chi connectivity index (χ1) is 12.6. The van der Waals surface area contributed by atoms with Crippen LogP contribution in [0.1, 0.15) is 25.8 Å². The van der Waals surface area contributed by atoms with E-state index in [4.69, 9.17) is 4.74 Å². The summed E-state index contributed by atoms with van der Waals surface area (Å²) in [5.41, 5.74) is 4.20. The lowest BCUT2D eigenvalue weighted by molar-refractivity contribution is -0.115. The second-order valence-corrected chi connectivity index (χ2v) is 5.94. The van der Waals surface area contributed by atoms with E-state index in [1.807, 2.05) is 49.4 Å². The predicted molar refractivity (Wildman–Crippen MR) is 103 cm³/mol. The Bertz CT molecular complexity index is 995. The highest BCUT2D eigenvalue weighted by Gasteiger charge is 2.18. The highest BCUT2D eigenvalue weighted by molar-refractivity contribution is 5.96. The minimum atomic E-state index is -0.0229. The van der Waals surface area contributed by atoms with E-state index >= 15 is 0 Å². The summed E-state index contributed by atoms with van der Waals surface area (Å²) < 4.78 is 7.45. The van der Waals surface area contributed by atoms with Crippen molar-refractivity contribution in [3.05, 3.63) is 48.0 Å². The normalized spacial score (nSPS) is 10.5. The lowest BCUT2D eigenvalue weighted by Gasteiger charge is -2.10. The molecule has 0 radical (unpaired) electrons. The van der Waals surface area contributed by atoms with Crippen molar-refractivity contribution in [1.82, 2.24) is 4.57 Å². The summed E-state index contributed by atoms with van der Waals surface area (Å²) >= 11 is 0. The number of ether oxygens (including phenoxy) is 1. The number of anilines is 1. The Labute approximate surface area is 152 Å². The molecule has 26 heavy (non-hydrogen) atoms. The number of nitrogens with one attached hydrogen (secondary N) is 1. The monoisotopic (exact) mass is 347 g/mol. The quantitative estimate of drug-likeness (QED) is 0.736. The molecular formula is C21H21N3O2. The molecule has 5 heteroatoms. The Morgan fingerprint density at radius 3 is 2.50 bits per heavy atom. The zero-order valence-corrected chi connectivity index (χ0v) is 15.2. The number of carbonyl (C=O) groups is 1. The van der Waals surface area contributed by atoms with Crippen LogP contribution in [-0.4, -0.2) is 17.6 Å². The number of carbonyl (C=O) groups excluding carboxylic acids is 1. The van der Waals surface area contributed by atoms with Crippen molar-refractivity contribution >= 4 is 22.5 Å². The Morgan fingerprint density at radius 2 is 1.92 bits per heavy atom. The summed E-state index contributed by atoms with van der Waals surface area (Å²) in [7, 11) is 1.62. The van der Waals surface area contributed by atoms with Gasteiger partial charge in [-0.15, -0.1) is 0 Å². The standard InChI is InChI=1S/C21H21N3O2/c1-4-20(25)23-15-8-6-14(7-9-15)21-18(13-22)17-12-16(26-3)10-11-19(17)24(21)5-2/h6-12H,4-5H2,1-3H3,(H,23,25). The van der Waals surface area contributed by atoms with Crippen molar-refractivity contribution in [3.63, 3.8) is 0 Å². The third-order valence-corrected chi connectivity index (χ3v) is 4.46. The maximum absolute atomic E-state index is 11.5. The van der Waals surface area contributed by atoms with Gasteiger partial charge < -0.3 is 14.6 Å². The largest absolute Gasteiger partial charge is 0.497 e. The average Bonchev–Trinajstić information content (AvgIpc) is 3.00. The zero-order valence-electron chi connectivity index (χ0n) is 15.2. The summed E-state index contributed by atoms with van der Waals surface area (Å²) in [4.78, 5) is 11.5. The first-order valence-electron chi connectivity index (χ1n) is 8.63. The molecule has 1 aromatic heterocycles. The molecule has 0 aliphatic heterocycles. The van der Waals surface area contributed by atoms with Crippen LogP contribution in [0.5, 0.6) is 5.75 Å². The van der Waals surface area contributed by atoms with Crippen LogP contribution in [0.25, 0.3) is 22.2 Å². The van der Waals surface area contributed by atoms with Crippen molar-refractivity contribution in [2.24, 2.45) is 0 Å². The van der Waals surface area contributed by atoms with Crippen LogP contribution in [-0.2, 0) is 11.3 Å². The Balaban J connectivity index is 2.15. The molecule has 2 aromatic carbocycles. The fourth-order valence-electron chi connectivity index (χ4n) is 3.16. The van der Waals surface area contributed by atoms with E-state index < -0.39 is 0 Å². The summed E-state index contributed by atoms with van der Waals surface area (Å²) in [5.74, 6) is 0.705. The highest BCUT2D eigenvalue weighted by Crippen LogP contribution is 2.35. The average molecular weight is 347 g/mol. The molecule has 3 rings (SSSR count). The van der Waals surface area contributed by atoms with E-state index in [1.54, 1.807) is 7.11 Å². The summed E-state index contributed by atoms with van der Waals surface area (Å²) in [6, 6.07) is 15.7. The maximum atomic E-state index is 11.5. The minimum Gasteiger partial charge on any atom is -0.497 e. The fraction of sp³-hybridized carbons (Fsp3) is 0.238. The number of rotatable bonds is 5. The molecule has 0 unspecified atom stereocenters. The number of hydrogen-bond donors (Lipinski definition) is 1. The highest BCUT2D eigenvalue weighted by atomic mass is 16.5. The van der Waals surface area contributed by atoms with Crippen molar-refractivity contribution < 1.29 is 9.53 Å². The van der Waals surface area contributed by atoms with Crippen molar-refractivity contribution in [2.45, 2.75) is 26.8 Å². The number of aromatic nitrogens is 1. The number of benzene rings is 2. The number of nitrogens with zero attached hydrogens (tertiary/aromatic N) is 2. The van der Waals surface area contributed by atoms with Gasteiger partial charge >= 0.3 is 0 Å². The number of nitriles is 1. The third kappa shape index (κ3) is 3.02. The van der Waals surface area contributed by atoms with E-state index in [1.165, 1.54) is 0 Å². The molecule has 3 aromatic rings. The van der Waals surface area contributed by atoms with Crippen LogP contribution in [0.15, 0.2) is 42.5 Å². The van der Waals surface area contributed by atoms with Gasteiger partial charge in [0.2, 0.25) is 5.91 Å². The summed E-state index contributed by atoms with van der Waals surface area (Å²) in [6.45, 7) is 4.62. The van der Waals surface area contributed by atoms with Crippen LogP contribution in [0.4, 0.5) is 5.69 Å². The fourth-order valence-corrected chi connectivity index (χ4v) is 3.16. The molecule has 1 heterocycles. The van der Waals surface area contributed by atoms with Crippen LogP contribution < -0.4 is 10.1 Å². The van der Waals surface area contributed by atoms with Gasteiger partial charge in [-0.05, 0) is 42.8 Å². The Kier molecular flexibility index (Phi) is 4.94. The molecule has 0 saturated heterocycles. The number of fused-ring (bicyclic) bond motifs is 1. The molecular weight excluding hydrogens is 326 g/mol. The smallest absolute Gasteiger partial charge is 0.224 e. The Morgan fingerprint density at radius 1 is 1.19 bits per heavy atom. The van der Waals surface area contributed by atoms with E-state index in [0.29, 0.717) is 12.0 Å². The van der Waals surface area contributed by atoms with E-state index in [9.17, 15) is 10.1 Å². The lowest BCUT2D eigenvalue weighted by Crippen LogP contribution is -2.09. The molecule has 1 amide bonds. The van der Waals surface area contributed by atoms with Gasteiger partial charge in [-0.1, -0.05) is 19.1 Å². The summed E-state index contributed by atoms with van der Waals surface area (Å²) in [5, 5.41) is 13.5. The molecule has 0 fully saturated rings. The van der Waals surface area contributed by atoms with E-state index in [-0.39, 0.29) is 5.91 Å². The SMILES string of the molecule is CCC(=O)Nc1ccc(-c2c(C#N)c3cc(OC)ccc3n2CC)cc1. The first-order valence-corrected chi connectivity index (χ1v) is 8.63. The molecule has 0 aliphatic rings. The number of amides is 1. The summed E-state index contributed by atoms with van der Waals surface area (Å²) in [6.07, 6.45) is 0.437. The van der Waals surface area contributed by atoms with Crippen molar-refractivity contribution in [3.8, 4) is 23.1 Å². The van der Waals surface area contributed by atoms with Gasteiger partial charge in [-0.25, -0.2) is 0 Å². The molecule has 132 valence electrons. The van der Waals surface area contributed by atoms with Gasteiger partial charge in [0, 0.05) is 24.0 Å². The molecule has 1 N–H and O–H groups in total. The second-order valence-electron chi connectivity index (χ2n) is 5.94. The molecule has 0 bridgehead atoms. The molecule has 0 spiro atoms. The number of aryl methyl sites for hydroxylation is 1. The zero-order chi connectivity index (χ0) is 18.7. The predicted octanol–water partition coefficient (Wildman–Crippen LogP) is 4.56. The maximum Gasteiger partial charge on any atom is 0.224 e. The van der Waals surface area contributed by atoms with Crippen molar-refractivity contribution in [1.29, 1.82) is 5.26 Å². The van der Waals surface area contributed by atoms with Gasteiger partial charge in [-0.3, -0.25) is 4.79 Å². The molecule has 5 nitrogen and oxygen atoms in total. The van der Waals surface area contributed by atoms with E-state index in [0.717, 1.165) is 40.1 Å². The number of hydrogen-bond acceptors (Lipinski definition) is 3. The van der Waals surface area contributed by atoms with Gasteiger partial charge in [0.05, 0.1) is 23.9 Å². The molecule has 0 atom stereocenters. The van der Waals surface area contributed by atoms with Crippen LogP contribution in [0, 0.1) is 11.3 Å². The third-order valence-electron chi connectivity index (χ3n) is 4.46. The van der Waals surface area contributed by atoms with Crippen molar-refractivity contribution in [2.75, 3.05) is 12.4 Å². The number of methoxy groups -OCH3 is 1. The van der Waals surface area contributed by atoms with Gasteiger partial charge in [0.15, 0.2) is 0 Å². The Hall–Kier alpha value is -3.26. The van der Waals surface area contributed by atoms with Gasteiger partial charge in [0.1, 0.15) is 11.8 Å². The molecule has 0 aliphatic carbocycles. The van der Waals surface area contributed by atoms with Crippen LogP contribution in [0.3, 0.4) is 0 Å². The first kappa shape index (κ1) is 17.6. The van der Waals surface area contributed by atoms with E-state index in [2.05, 4.69) is 22.9 Å². The van der Waals surface area contributed by atoms with Gasteiger partial charge in [0.25, 0.3) is 0 Å². The topological polar surface area (TPSA) is 67.1 Å².